The smallest absolute Gasteiger partial charge is 0.0543 e. The molecule has 4 rings (SSSR count). The first-order chi connectivity index (χ1) is 9.95. The summed E-state index contributed by atoms with van der Waals surface area (Å²) >= 11 is 6.72. The second-order valence-electron chi connectivity index (χ2n) is 9.17. The zero-order valence-electron chi connectivity index (χ0n) is 13.7. The molecule has 4 fully saturated rings. The number of hydrogen-bond acceptors (Lipinski definition) is 1. The van der Waals surface area contributed by atoms with Crippen LogP contribution in [0.1, 0.15) is 71.6 Å². The largest absolute Gasteiger partial charge is 0.393 e. The van der Waals surface area contributed by atoms with Gasteiger partial charge in [0.15, 0.2) is 0 Å². The Kier molecular flexibility index (Phi) is 3.44. The van der Waals surface area contributed by atoms with Gasteiger partial charge in [-0.15, -0.1) is 11.6 Å². The van der Waals surface area contributed by atoms with E-state index in [0.29, 0.717) is 16.2 Å². The van der Waals surface area contributed by atoms with Crippen molar-refractivity contribution < 1.29 is 5.11 Å². The summed E-state index contributed by atoms with van der Waals surface area (Å²) in [6.45, 7) is 5.05. The van der Waals surface area contributed by atoms with Crippen LogP contribution in [0.25, 0.3) is 0 Å². The van der Waals surface area contributed by atoms with Gasteiger partial charge in [0.25, 0.3) is 0 Å². The van der Waals surface area contributed by atoms with Crippen LogP contribution in [0.3, 0.4) is 0 Å². The molecule has 0 bridgehead atoms. The van der Waals surface area contributed by atoms with Crippen molar-refractivity contribution in [3.8, 4) is 0 Å². The van der Waals surface area contributed by atoms with Crippen LogP contribution in [0, 0.1) is 34.5 Å². The van der Waals surface area contributed by atoms with E-state index in [2.05, 4.69) is 13.8 Å². The first-order valence-corrected chi connectivity index (χ1v) is 9.71. The molecule has 0 heterocycles. The molecule has 1 nitrogen and oxygen atoms in total. The maximum absolute atomic E-state index is 10.1. The molecule has 0 aromatic heterocycles. The van der Waals surface area contributed by atoms with Crippen LogP contribution in [0.2, 0.25) is 0 Å². The number of halogens is 1. The van der Waals surface area contributed by atoms with E-state index in [1.165, 1.54) is 44.9 Å². The van der Waals surface area contributed by atoms with Gasteiger partial charge in [-0.3, -0.25) is 0 Å². The fourth-order valence-corrected chi connectivity index (χ4v) is 7.57. The SMILES string of the molecule is C[C@]12CC[C@H](O)C[C@@H]1CC[C@@H]1[C@@H]2CC[C@]2(C)[C@@H](Cl)CC[C@@H]12. The summed E-state index contributed by atoms with van der Waals surface area (Å²) in [6.07, 6.45) is 11.5. The van der Waals surface area contributed by atoms with Gasteiger partial charge in [-0.25, -0.2) is 0 Å². The third-order valence-electron chi connectivity index (χ3n) is 8.52. The summed E-state index contributed by atoms with van der Waals surface area (Å²) in [5, 5.41) is 10.5. The lowest BCUT2D eigenvalue weighted by Gasteiger charge is -2.60. The monoisotopic (exact) mass is 310 g/mol. The average molecular weight is 311 g/mol. The van der Waals surface area contributed by atoms with Gasteiger partial charge in [0, 0.05) is 5.38 Å². The highest BCUT2D eigenvalue weighted by atomic mass is 35.5. The molecule has 1 N–H and O–H groups in total. The molecule has 21 heavy (non-hydrogen) atoms. The third-order valence-corrected chi connectivity index (χ3v) is 9.24. The van der Waals surface area contributed by atoms with E-state index in [1.807, 2.05) is 0 Å². The molecule has 4 aliphatic rings. The molecule has 0 spiro atoms. The van der Waals surface area contributed by atoms with Crippen molar-refractivity contribution in [3.05, 3.63) is 0 Å². The molecule has 0 radical (unpaired) electrons. The summed E-state index contributed by atoms with van der Waals surface area (Å²) in [5.74, 6) is 3.48. The maximum Gasteiger partial charge on any atom is 0.0543 e. The quantitative estimate of drug-likeness (QED) is 0.624. The Balaban J connectivity index is 1.62. The zero-order chi connectivity index (χ0) is 14.8. The van der Waals surface area contributed by atoms with Crippen LogP contribution in [0.15, 0.2) is 0 Å². The van der Waals surface area contributed by atoms with Crippen molar-refractivity contribution >= 4 is 11.6 Å². The molecule has 0 aromatic carbocycles. The number of rotatable bonds is 0. The van der Waals surface area contributed by atoms with Crippen LogP contribution >= 0.6 is 11.6 Å². The fourth-order valence-electron chi connectivity index (χ4n) is 7.17. The Morgan fingerprint density at radius 1 is 0.857 bits per heavy atom. The second-order valence-corrected chi connectivity index (χ2v) is 9.70. The molecule has 4 saturated carbocycles. The highest BCUT2D eigenvalue weighted by Gasteiger charge is 2.59. The second kappa shape index (κ2) is 4.87. The normalized spacial score (nSPS) is 60.0. The Morgan fingerprint density at radius 2 is 1.57 bits per heavy atom. The van der Waals surface area contributed by atoms with Crippen molar-refractivity contribution in [2.45, 2.75) is 83.1 Å². The molecule has 2 heteroatoms. The fraction of sp³-hybridized carbons (Fsp3) is 1.00. The van der Waals surface area contributed by atoms with Gasteiger partial charge < -0.3 is 5.11 Å². The minimum atomic E-state index is -0.0211. The van der Waals surface area contributed by atoms with E-state index in [0.717, 1.165) is 36.5 Å². The Morgan fingerprint density at radius 3 is 2.38 bits per heavy atom. The van der Waals surface area contributed by atoms with Gasteiger partial charge in [0.2, 0.25) is 0 Å². The molecule has 0 unspecified atom stereocenters. The minimum absolute atomic E-state index is 0.0211. The topological polar surface area (TPSA) is 20.2 Å². The van der Waals surface area contributed by atoms with Gasteiger partial charge >= 0.3 is 0 Å². The van der Waals surface area contributed by atoms with Crippen molar-refractivity contribution in [3.63, 3.8) is 0 Å². The molecule has 4 aliphatic carbocycles. The molecule has 0 aliphatic heterocycles. The predicted molar refractivity (Wildman–Crippen MR) is 87.4 cm³/mol. The number of aliphatic hydroxyl groups excluding tert-OH is 1. The van der Waals surface area contributed by atoms with E-state index < -0.39 is 0 Å². The molecule has 0 aromatic rings. The lowest BCUT2D eigenvalue weighted by molar-refractivity contribution is -0.120. The van der Waals surface area contributed by atoms with Crippen LogP contribution in [-0.2, 0) is 0 Å². The summed E-state index contributed by atoms with van der Waals surface area (Å²) in [4.78, 5) is 0. The van der Waals surface area contributed by atoms with Crippen molar-refractivity contribution in [1.82, 2.24) is 0 Å². The first-order valence-electron chi connectivity index (χ1n) is 9.27. The molecule has 0 amide bonds. The molecular formula is C19H31ClO. The third kappa shape index (κ3) is 1.99. The van der Waals surface area contributed by atoms with Crippen LogP contribution < -0.4 is 0 Å². The van der Waals surface area contributed by atoms with Crippen molar-refractivity contribution in [1.29, 1.82) is 0 Å². The molecular weight excluding hydrogens is 280 g/mol. The highest BCUT2D eigenvalue weighted by molar-refractivity contribution is 6.21. The Hall–Kier alpha value is 0.250. The standard InChI is InChI=1S/C19H31ClO/c1-18-9-7-13(21)11-12(18)3-4-14-15-5-6-17(20)19(15,2)10-8-16(14)18/h12-17,21H,3-11H2,1-2H3/t12-,13-,14-,15-,16-,17-,18-,19-/m0/s1. The number of aliphatic hydroxyl groups is 1. The van der Waals surface area contributed by atoms with E-state index in [-0.39, 0.29) is 6.10 Å². The average Bonchev–Trinajstić information content (AvgIpc) is 2.76. The Bertz CT molecular complexity index is 424. The van der Waals surface area contributed by atoms with Gasteiger partial charge in [-0.2, -0.15) is 0 Å². The predicted octanol–water partition coefficient (Wildman–Crippen LogP) is 5.00. The van der Waals surface area contributed by atoms with Crippen LogP contribution in [0.5, 0.6) is 0 Å². The number of alkyl halides is 1. The maximum atomic E-state index is 10.1. The number of fused-ring (bicyclic) bond motifs is 5. The summed E-state index contributed by atoms with van der Waals surface area (Å²) in [5.41, 5.74) is 0.925. The van der Waals surface area contributed by atoms with E-state index in [1.54, 1.807) is 0 Å². The van der Waals surface area contributed by atoms with Gasteiger partial charge in [0.1, 0.15) is 0 Å². The Labute approximate surface area is 134 Å². The first kappa shape index (κ1) is 14.8. The summed E-state index contributed by atoms with van der Waals surface area (Å²) < 4.78 is 0. The van der Waals surface area contributed by atoms with E-state index >= 15 is 0 Å². The van der Waals surface area contributed by atoms with Crippen molar-refractivity contribution in [2.24, 2.45) is 34.5 Å². The minimum Gasteiger partial charge on any atom is -0.393 e. The van der Waals surface area contributed by atoms with Gasteiger partial charge in [-0.05, 0) is 92.3 Å². The van der Waals surface area contributed by atoms with Crippen molar-refractivity contribution in [2.75, 3.05) is 0 Å². The summed E-state index contributed by atoms with van der Waals surface area (Å²) in [6, 6.07) is 0. The van der Waals surface area contributed by atoms with E-state index in [9.17, 15) is 5.11 Å². The van der Waals surface area contributed by atoms with Crippen LogP contribution in [0.4, 0.5) is 0 Å². The van der Waals surface area contributed by atoms with Gasteiger partial charge in [0.05, 0.1) is 6.10 Å². The zero-order valence-corrected chi connectivity index (χ0v) is 14.4. The van der Waals surface area contributed by atoms with Crippen LogP contribution in [-0.4, -0.2) is 16.6 Å². The lowest BCUT2D eigenvalue weighted by Crippen LogP contribution is -2.54. The molecule has 120 valence electrons. The lowest BCUT2D eigenvalue weighted by atomic mass is 9.45. The van der Waals surface area contributed by atoms with Gasteiger partial charge in [-0.1, -0.05) is 13.8 Å². The number of hydrogen-bond donors (Lipinski definition) is 1. The molecule has 0 saturated heterocycles. The molecule has 8 atom stereocenters. The highest BCUT2D eigenvalue weighted by Crippen LogP contribution is 2.66. The van der Waals surface area contributed by atoms with E-state index in [4.69, 9.17) is 11.6 Å². The summed E-state index contributed by atoms with van der Waals surface area (Å²) in [7, 11) is 0.